The topological polar surface area (TPSA) is 64.3 Å². The molecule has 1 aliphatic rings. The second-order valence-electron chi connectivity index (χ2n) is 4.70. The lowest BCUT2D eigenvalue weighted by Gasteiger charge is -2.32. The molecule has 0 N–H and O–H groups in total. The van der Waals surface area contributed by atoms with E-state index in [1.165, 1.54) is 0 Å². The van der Waals surface area contributed by atoms with Gasteiger partial charge in [-0.25, -0.2) is 4.98 Å². The smallest absolute Gasteiger partial charge is 0.246 e. The number of hydrogen-bond donors (Lipinski definition) is 0. The molecule has 0 saturated carbocycles. The summed E-state index contributed by atoms with van der Waals surface area (Å²) in [6.45, 7) is 5.83. The number of ether oxygens (including phenoxy) is 1. The Kier molecular flexibility index (Phi) is 3.71. The van der Waals surface area contributed by atoms with E-state index >= 15 is 0 Å². The molecule has 6 nitrogen and oxygen atoms in total. The van der Waals surface area contributed by atoms with Crippen molar-refractivity contribution in [1.82, 2.24) is 15.2 Å². The van der Waals surface area contributed by atoms with Crippen LogP contribution in [0.4, 0.5) is 5.82 Å². The number of aryl methyl sites for hydroxylation is 2. The van der Waals surface area contributed by atoms with Crippen LogP contribution in [-0.2, 0) is 4.74 Å². The first-order valence-electron chi connectivity index (χ1n) is 6.43. The Bertz CT molecular complexity index is 616. The highest BCUT2D eigenvalue weighted by Gasteiger charge is 2.27. The number of hydrogen-bond acceptors (Lipinski definition) is 6. The number of halogens is 1. The minimum Gasteiger partial charge on any atom is -0.423 e. The van der Waals surface area contributed by atoms with Gasteiger partial charge in [0.15, 0.2) is 6.10 Å². The lowest BCUT2D eigenvalue weighted by molar-refractivity contribution is 0.0214. The van der Waals surface area contributed by atoms with Gasteiger partial charge in [0.05, 0.1) is 18.8 Å². The van der Waals surface area contributed by atoms with Gasteiger partial charge in [0.1, 0.15) is 5.82 Å². The lowest BCUT2D eigenvalue weighted by atomic mass is 10.2. The Labute approximate surface area is 125 Å². The molecule has 3 heterocycles. The largest absolute Gasteiger partial charge is 0.423 e. The van der Waals surface area contributed by atoms with Crippen molar-refractivity contribution in [1.29, 1.82) is 0 Å². The molecule has 2 aromatic heterocycles. The van der Waals surface area contributed by atoms with E-state index in [2.05, 4.69) is 36.0 Å². The number of rotatable bonds is 2. The molecule has 1 fully saturated rings. The Morgan fingerprint density at radius 2 is 2.15 bits per heavy atom. The molecule has 1 unspecified atom stereocenters. The first kappa shape index (κ1) is 13.5. The number of pyridine rings is 1. The molecule has 0 radical (unpaired) electrons. The predicted molar refractivity (Wildman–Crippen MR) is 76.6 cm³/mol. The van der Waals surface area contributed by atoms with Crippen molar-refractivity contribution in [3.05, 3.63) is 34.1 Å². The maximum Gasteiger partial charge on any atom is 0.246 e. The molecule has 0 aromatic carbocycles. The summed E-state index contributed by atoms with van der Waals surface area (Å²) in [5.41, 5.74) is 0.971. The molecule has 7 heteroatoms. The summed E-state index contributed by atoms with van der Waals surface area (Å²) in [5.74, 6) is 2.02. The van der Waals surface area contributed by atoms with Crippen LogP contribution in [0, 0.1) is 13.8 Å². The van der Waals surface area contributed by atoms with E-state index in [0.717, 1.165) is 22.5 Å². The van der Waals surface area contributed by atoms with Crippen molar-refractivity contribution in [2.45, 2.75) is 20.0 Å². The van der Waals surface area contributed by atoms with Crippen LogP contribution >= 0.6 is 15.9 Å². The predicted octanol–water partition coefficient (Wildman–Crippen LogP) is 2.42. The molecule has 2 aromatic rings. The third-order valence-electron chi connectivity index (χ3n) is 3.21. The van der Waals surface area contributed by atoms with Crippen LogP contribution in [0.2, 0.25) is 0 Å². The molecule has 20 heavy (non-hydrogen) atoms. The van der Waals surface area contributed by atoms with Crippen molar-refractivity contribution in [2.75, 3.05) is 24.6 Å². The normalized spacial score (nSPS) is 19.4. The maximum atomic E-state index is 5.71. The third-order valence-corrected chi connectivity index (χ3v) is 4.05. The van der Waals surface area contributed by atoms with Crippen LogP contribution in [0.1, 0.15) is 23.6 Å². The molecule has 1 aliphatic heterocycles. The Morgan fingerprint density at radius 3 is 2.85 bits per heavy atom. The molecule has 0 aliphatic carbocycles. The summed E-state index contributed by atoms with van der Waals surface area (Å²) in [7, 11) is 0. The summed E-state index contributed by atoms with van der Waals surface area (Å²) in [5, 5.41) is 7.88. The van der Waals surface area contributed by atoms with Gasteiger partial charge in [-0.1, -0.05) is 0 Å². The highest BCUT2D eigenvalue weighted by molar-refractivity contribution is 9.10. The zero-order chi connectivity index (χ0) is 14.1. The van der Waals surface area contributed by atoms with Crippen LogP contribution in [0.25, 0.3) is 0 Å². The minimum atomic E-state index is -0.198. The highest BCUT2D eigenvalue weighted by atomic mass is 79.9. The lowest BCUT2D eigenvalue weighted by Crippen LogP contribution is -2.39. The molecule has 0 bridgehead atoms. The van der Waals surface area contributed by atoms with Gasteiger partial charge in [-0.15, -0.1) is 10.2 Å². The maximum absolute atomic E-state index is 5.71. The van der Waals surface area contributed by atoms with Crippen LogP contribution in [0.3, 0.4) is 0 Å². The number of morpholine rings is 1. The summed E-state index contributed by atoms with van der Waals surface area (Å²) >= 11 is 3.47. The standard InChI is InChI=1S/C13H15BrN4O2/c1-8-10(14)3-4-12(15-8)18-5-6-19-11(7-18)13-17-16-9(2)20-13/h3-4,11H,5-7H2,1-2H3. The van der Waals surface area contributed by atoms with Gasteiger partial charge in [-0.3, -0.25) is 0 Å². The van der Waals surface area contributed by atoms with E-state index in [1.807, 2.05) is 19.1 Å². The monoisotopic (exact) mass is 338 g/mol. The van der Waals surface area contributed by atoms with Gasteiger partial charge < -0.3 is 14.1 Å². The first-order valence-corrected chi connectivity index (χ1v) is 7.22. The summed E-state index contributed by atoms with van der Waals surface area (Å²) in [6, 6.07) is 4.01. The zero-order valence-electron chi connectivity index (χ0n) is 11.3. The van der Waals surface area contributed by atoms with Crippen molar-refractivity contribution < 1.29 is 9.15 Å². The third kappa shape index (κ3) is 2.69. The average molecular weight is 339 g/mol. The fourth-order valence-electron chi connectivity index (χ4n) is 2.16. The Morgan fingerprint density at radius 1 is 1.30 bits per heavy atom. The zero-order valence-corrected chi connectivity index (χ0v) is 12.9. The van der Waals surface area contributed by atoms with Gasteiger partial charge in [0, 0.05) is 17.9 Å². The Hall–Kier alpha value is -1.47. The molecule has 106 valence electrons. The van der Waals surface area contributed by atoms with Gasteiger partial charge >= 0.3 is 0 Å². The Balaban J connectivity index is 1.79. The van der Waals surface area contributed by atoms with Crippen LogP contribution in [-0.4, -0.2) is 34.9 Å². The fourth-order valence-corrected chi connectivity index (χ4v) is 2.38. The molecule has 3 rings (SSSR count). The van der Waals surface area contributed by atoms with Gasteiger partial charge in [-0.05, 0) is 35.0 Å². The average Bonchev–Trinajstić information content (AvgIpc) is 2.89. The van der Waals surface area contributed by atoms with E-state index in [1.54, 1.807) is 6.92 Å². The number of nitrogens with zero attached hydrogens (tertiary/aromatic N) is 4. The number of aromatic nitrogens is 3. The van der Waals surface area contributed by atoms with Crippen molar-refractivity contribution in [2.24, 2.45) is 0 Å². The van der Waals surface area contributed by atoms with E-state index in [0.29, 0.717) is 24.9 Å². The highest BCUT2D eigenvalue weighted by Crippen LogP contribution is 2.26. The van der Waals surface area contributed by atoms with Crippen molar-refractivity contribution >= 4 is 21.7 Å². The summed E-state index contributed by atoms with van der Waals surface area (Å²) in [6.07, 6.45) is -0.198. The van der Waals surface area contributed by atoms with Gasteiger partial charge in [-0.2, -0.15) is 0 Å². The van der Waals surface area contributed by atoms with Crippen molar-refractivity contribution in [3.8, 4) is 0 Å². The van der Waals surface area contributed by atoms with Crippen LogP contribution in [0.15, 0.2) is 21.0 Å². The number of anilines is 1. The minimum absolute atomic E-state index is 0.198. The fraction of sp³-hybridized carbons (Fsp3) is 0.462. The van der Waals surface area contributed by atoms with Crippen molar-refractivity contribution in [3.63, 3.8) is 0 Å². The van der Waals surface area contributed by atoms with E-state index in [-0.39, 0.29) is 6.10 Å². The summed E-state index contributed by atoms with van der Waals surface area (Å²) in [4.78, 5) is 6.76. The van der Waals surface area contributed by atoms with Gasteiger partial charge in [0.25, 0.3) is 0 Å². The molecule has 0 amide bonds. The van der Waals surface area contributed by atoms with Crippen LogP contribution in [0.5, 0.6) is 0 Å². The molecule has 1 saturated heterocycles. The second kappa shape index (κ2) is 5.49. The van der Waals surface area contributed by atoms with Gasteiger partial charge in [0.2, 0.25) is 11.8 Å². The SMILES string of the molecule is Cc1nnc(C2CN(c3ccc(Br)c(C)n3)CCO2)o1. The van der Waals surface area contributed by atoms with E-state index in [4.69, 9.17) is 9.15 Å². The van der Waals surface area contributed by atoms with Crippen LogP contribution < -0.4 is 4.90 Å². The van der Waals surface area contributed by atoms with E-state index < -0.39 is 0 Å². The first-order chi connectivity index (χ1) is 9.63. The van der Waals surface area contributed by atoms with E-state index in [9.17, 15) is 0 Å². The molecule has 1 atom stereocenters. The molecule has 0 spiro atoms. The summed E-state index contributed by atoms with van der Waals surface area (Å²) < 4.78 is 12.2. The quantitative estimate of drug-likeness (QED) is 0.837. The molecular formula is C13H15BrN4O2. The molecular weight excluding hydrogens is 324 g/mol. The second-order valence-corrected chi connectivity index (χ2v) is 5.56.